The van der Waals surface area contributed by atoms with Crippen LogP contribution in [0.3, 0.4) is 0 Å². The van der Waals surface area contributed by atoms with Crippen LogP contribution in [0.5, 0.6) is 5.75 Å². The van der Waals surface area contributed by atoms with Crippen LogP contribution >= 0.6 is 15.9 Å². The van der Waals surface area contributed by atoms with Gasteiger partial charge in [0.25, 0.3) is 6.43 Å². The van der Waals surface area contributed by atoms with E-state index < -0.39 is 46.8 Å². The Bertz CT molecular complexity index is 491. The molecular formula is C9H5BrF5NO3. The molecule has 1 aromatic rings. The second kappa shape index (κ2) is 5.68. The Morgan fingerprint density at radius 3 is 2.47 bits per heavy atom. The van der Waals surface area contributed by atoms with Gasteiger partial charge in [-0.3, -0.25) is 4.79 Å². The number of hydrogen-bond donors (Lipinski definition) is 1. The van der Waals surface area contributed by atoms with Gasteiger partial charge < -0.3 is 9.84 Å². The molecule has 1 heterocycles. The van der Waals surface area contributed by atoms with Crippen molar-refractivity contribution in [2.75, 3.05) is 0 Å². The van der Waals surface area contributed by atoms with Gasteiger partial charge in [0.15, 0.2) is 5.75 Å². The topological polar surface area (TPSA) is 59.4 Å². The number of pyridine rings is 1. The maximum atomic E-state index is 12.6. The molecule has 4 nitrogen and oxygen atoms in total. The maximum Gasteiger partial charge on any atom is 0.573 e. The van der Waals surface area contributed by atoms with E-state index in [0.29, 0.717) is 6.07 Å². The third-order valence-electron chi connectivity index (χ3n) is 1.84. The molecule has 0 spiro atoms. The Morgan fingerprint density at radius 2 is 2.05 bits per heavy atom. The monoisotopic (exact) mass is 349 g/mol. The fourth-order valence-corrected chi connectivity index (χ4v) is 1.60. The molecule has 1 aromatic heterocycles. The summed E-state index contributed by atoms with van der Waals surface area (Å²) >= 11 is 2.60. The van der Waals surface area contributed by atoms with Gasteiger partial charge in [0.1, 0.15) is 4.60 Å². The molecule has 1 N–H and O–H groups in total. The minimum absolute atomic E-state index is 0.410. The Labute approximate surface area is 111 Å². The van der Waals surface area contributed by atoms with Crippen molar-refractivity contribution in [2.24, 2.45) is 0 Å². The molecule has 0 unspecified atom stereocenters. The van der Waals surface area contributed by atoms with Crippen molar-refractivity contribution < 1.29 is 36.6 Å². The Morgan fingerprint density at radius 1 is 1.47 bits per heavy atom. The van der Waals surface area contributed by atoms with Gasteiger partial charge in [-0.05, 0) is 22.0 Å². The molecule has 106 valence electrons. The van der Waals surface area contributed by atoms with Crippen molar-refractivity contribution in [3.05, 3.63) is 21.9 Å². The summed E-state index contributed by atoms with van der Waals surface area (Å²) in [5.41, 5.74) is -1.46. The van der Waals surface area contributed by atoms with E-state index in [1.165, 1.54) is 0 Å². The lowest BCUT2D eigenvalue weighted by Crippen LogP contribution is -2.18. The van der Waals surface area contributed by atoms with Gasteiger partial charge in [-0.25, -0.2) is 13.8 Å². The standard InChI is InChI=1S/C9H5BrF5NO3/c10-7-5(19-9(13,14)15)1-3(8(11)12)4(16-7)2-6(17)18/h1,8H,2H2,(H,17,18). The second-order valence-electron chi connectivity index (χ2n) is 3.23. The summed E-state index contributed by atoms with van der Waals surface area (Å²) in [4.78, 5) is 13.8. The van der Waals surface area contributed by atoms with Crippen LogP contribution in [0.15, 0.2) is 10.7 Å². The number of aliphatic carboxylic acids is 1. The Balaban J connectivity index is 3.24. The maximum absolute atomic E-state index is 12.6. The zero-order valence-corrected chi connectivity index (χ0v) is 10.4. The van der Waals surface area contributed by atoms with E-state index in [9.17, 15) is 26.7 Å². The quantitative estimate of drug-likeness (QED) is 0.669. The lowest BCUT2D eigenvalue weighted by molar-refractivity contribution is -0.275. The van der Waals surface area contributed by atoms with Gasteiger partial charge in [0, 0.05) is 5.56 Å². The molecule has 0 aliphatic rings. The van der Waals surface area contributed by atoms with E-state index in [1.807, 2.05) is 0 Å². The second-order valence-corrected chi connectivity index (χ2v) is 3.98. The molecule has 19 heavy (non-hydrogen) atoms. The predicted molar refractivity (Wildman–Crippen MR) is 54.9 cm³/mol. The molecule has 0 aliphatic carbocycles. The van der Waals surface area contributed by atoms with Crippen LogP contribution in [0.25, 0.3) is 0 Å². The van der Waals surface area contributed by atoms with E-state index >= 15 is 0 Å². The molecule has 0 radical (unpaired) electrons. The molecule has 0 bridgehead atoms. The predicted octanol–water partition coefficient (Wildman–Crippen LogP) is 3.31. The molecule has 1 rings (SSSR count). The first-order valence-corrected chi connectivity index (χ1v) is 5.34. The van der Waals surface area contributed by atoms with Crippen molar-refractivity contribution in [2.45, 2.75) is 19.2 Å². The van der Waals surface area contributed by atoms with E-state index in [1.54, 1.807) is 0 Å². The van der Waals surface area contributed by atoms with E-state index in [-0.39, 0.29) is 0 Å². The number of carbonyl (C=O) groups is 1. The minimum Gasteiger partial charge on any atom is -0.481 e. The number of aromatic nitrogens is 1. The number of carboxylic acid groups (broad SMARTS) is 1. The zero-order chi connectivity index (χ0) is 14.8. The molecule has 0 saturated heterocycles. The van der Waals surface area contributed by atoms with Crippen LogP contribution in [-0.2, 0) is 11.2 Å². The van der Waals surface area contributed by atoms with Gasteiger partial charge in [0.2, 0.25) is 0 Å². The van der Waals surface area contributed by atoms with Gasteiger partial charge in [-0.2, -0.15) is 0 Å². The summed E-state index contributed by atoms with van der Waals surface area (Å²) < 4.78 is 64.3. The van der Waals surface area contributed by atoms with Crippen LogP contribution < -0.4 is 4.74 Å². The highest BCUT2D eigenvalue weighted by Gasteiger charge is 2.33. The highest BCUT2D eigenvalue weighted by atomic mass is 79.9. The first-order valence-electron chi connectivity index (χ1n) is 4.55. The zero-order valence-electron chi connectivity index (χ0n) is 8.84. The highest BCUT2D eigenvalue weighted by Crippen LogP contribution is 2.34. The smallest absolute Gasteiger partial charge is 0.481 e. The number of hydrogen-bond acceptors (Lipinski definition) is 3. The number of carboxylic acids is 1. The van der Waals surface area contributed by atoms with Gasteiger partial charge in [-0.15, -0.1) is 13.2 Å². The SMILES string of the molecule is O=C(O)Cc1nc(Br)c(OC(F)(F)F)cc1C(F)F. The highest BCUT2D eigenvalue weighted by molar-refractivity contribution is 9.10. The summed E-state index contributed by atoms with van der Waals surface area (Å²) in [7, 11) is 0. The van der Waals surface area contributed by atoms with Crippen molar-refractivity contribution in [1.82, 2.24) is 4.98 Å². The van der Waals surface area contributed by atoms with Gasteiger partial charge in [-0.1, -0.05) is 0 Å². The molecule has 0 atom stereocenters. The fourth-order valence-electron chi connectivity index (χ4n) is 1.19. The molecule has 0 saturated carbocycles. The van der Waals surface area contributed by atoms with Crippen molar-refractivity contribution in [3.63, 3.8) is 0 Å². The number of nitrogens with zero attached hydrogens (tertiary/aromatic N) is 1. The largest absolute Gasteiger partial charge is 0.573 e. The Kier molecular flexibility index (Phi) is 4.66. The average molecular weight is 350 g/mol. The summed E-state index contributed by atoms with van der Waals surface area (Å²) in [5.74, 6) is -2.40. The molecule has 10 heteroatoms. The van der Waals surface area contributed by atoms with Gasteiger partial charge >= 0.3 is 12.3 Å². The summed E-state index contributed by atoms with van der Waals surface area (Å²) in [5, 5.41) is 8.51. The summed E-state index contributed by atoms with van der Waals surface area (Å²) in [6, 6.07) is 0.410. The fraction of sp³-hybridized carbons (Fsp3) is 0.333. The van der Waals surface area contributed by atoms with Crippen molar-refractivity contribution >= 4 is 21.9 Å². The molecule has 0 aromatic carbocycles. The molecular weight excluding hydrogens is 345 g/mol. The summed E-state index contributed by atoms with van der Waals surface area (Å²) in [6.07, 6.45) is -9.09. The van der Waals surface area contributed by atoms with E-state index in [0.717, 1.165) is 0 Å². The Hall–Kier alpha value is -1.45. The minimum atomic E-state index is -5.07. The van der Waals surface area contributed by atoms with E-state index in [4.69, 9.17) is 5.11 Å². The van der Waals surface area contributed by atoms with Crippen LogP contribution in [0.2, 0.25) is 0 Å². The lowest BCUT2D eigenvalue weighted by Gasteiger charge is -2.13. The first kappa shape index (κ1) is 15.6. The third kappa shape index (κ3) is 4.62. The normalized spacial score (nSPS) is 11.7. The van der Waals surface area contributed by atoms with Crippen molar-refractivity contribution in [3.8, 4) is 5.75 Å². The van der Waals surface area contributed by atoms with Crippen molar-refractivity contribution in [1.29, 1.82) is 0 Å². The molecule has 0 fully saturated rings. The lowest BCUT2D eigenvalue weighted by atomic mass is 10.1. The molecule has 0 amide bonds. The average Bonchev–Trinajstić information content (AvgIpc) is 2.18. The number of alkyl halides is 5. The van der Waals surface area contributed by atoms with Crippen LogP contribution in [0.1, 0.15) is 17.7 Å². The summed E-state index contributed by atoms with van der Waals surface area (Å²) in [6.45, 7) is 0. The molecule has 0 aliphatic heterocycles. The first-order chi connectivity index (χ1) is 8.60. The number of halogens is 6. The van der Waals surface area contributed by atoms with Crippen LogP contribution in [0.4, 0.5) is 22.0 Å². The van der Waals surface area contributed by atoms with Crippen LogP contribution in [0, 0.1) is 0 Å². The number of ether oxygens (including phenoxy) is 1. The van der Waals surface area contributed by atoms with E-state index in [2.05, 4.69) is 25.7 Å². The third-order valence-corrected chi connectivity index (χ3v) is 2.40. The van der Waals surface area contributed by atoms with Gasteiger partial charge in [0.05, 0.1) is 12.1 Å². The number of rotatable bonds is 4. The van der Waals surface area contributed by atoms with Crippen LogP contribution in [-0.4, -0.2) is 22.4 Å².